The topological polar surface area (TPSA) is 59.1 Å². The zero-order chi connectivity index (χ0) is 14.0. The summed E-state index contributed by atoms with van der Waals surface area (Å²) in [5.41, 5.74) is -0.374. The molecule has 0 atom stereocenters. The van der Waals surface area contributed by atoms with Crippen molar-refractivity contribution in [2.45, 2.75) is 4.90 Å². The van der Waals surface area contributed by atoms with Gasteiger partial charge in [0.05, 0.1) is 5.69 Å². The maximum absolute atomic E-state index is 13.4. The quantitative estimate of drug-likeness (QED) is 0.887. The van der Waals surface area contributed by atoms with E-state index in [-0.39, 0.29) is 15.7 Å². The highest BCUT2D eigenvalue weighted by molar-refractivity contribution is 7.92. The van der Waals surface area contributed by atoms with Crippen molar-refractivity contribution in [1.82, 2.24) is 4.98 Å². The molecule has 4 nitrogen and oxygen atoms in total. The molecule has 0 aliphatic carbocycles. The van der Waals surface area contributed by atoms with Crippen LogP contribution in [0.3, 0.4) is 0 Å². The molecule has 100 valence electrons. The van der Waals surface area contributed by atoms with Crippen molar-refractivity contribution in [1.29, 1.82) is 0 Å². The minimum absolute atomic E-state index is 0.238. The molecular weight excluding hydrogens is 298 g/mol. The smallest absolute Gasteiger partial charge is 0.265 e. The molecule has 1 aromatic carbocycles. The van der Waals surface area contributed by atoms with Crippen LogP contribution < -0.4 is 4.72 Å². The van der Waals surface area contributed by atoms with Crippen LogP contribution in [0, 0.1) is 11.6 Å². The average molecular weight is 305 g/mol. The fourth-order valence-electron chi connectivity index (χ4n) is 1.34. The second kappa shape index (κ2) is 5.10. The van der Waals surface area contributed by atoms with E-state index in [2.05, 4.69) is 4.98 Å². The van der Waals surface area contributed by atoms with Crippen LogP contribution in [-0.4, -0.2) is 13.4 Å². The van der Waals surface area contributed by atoms with Gasteiger partial charge in [0.1, 0.15) is 21.7 Å². The van der Waals surface area contributed by atoms with Crippen LogP contribution >= 0.6 is 11.6 Å². The second-order valence-electron chi connectivity index (χ2n) is 3.52. The molecular formula is C11H7ClF2N2O2S. The number of hydrogen-bond donors (Lipinski definition) is 1. The van der Waals surface area contributed by atoms with Gasteiger partial charge in [-0.1, -0.05) is 11.6 Å². The Morgan fingerprint density at radius 1 is 1.21 bits per heavy atom. The molecule has 0 aliphatic heterocycles. The number of rotatable bonds is 3. The highest BCUT2D eigenvalue weighted by Gasteiger charge is 2.20. The van der Waals surface area contributed by atoms with Gasteiger partial charge in [-0.25, -0.2) is 22.2 Å². The van der Waals surface area contributed by atoms with E-state index in [0.29, 0.717) is 6.07 Å². The normalized spacial score (nSPS) is 11.3. The van der Waals surface area contributed by atoms with Crippen LogP contribution in [0.25, 0.3) is 0 Å². The number of nitrogens with zero attached hydrogens (tertiary/aromatic N) is 1. The number of aromatic nitrogens is 1. The van der Waals surface area contributed by atoms with Gasteiger partial charge in [-0.2, -0.15) is 0 Å². The highest BCUT2D eigenvalue weighted by atomic mass is 35.5. The summed E-state index contributed by atoms with van der Waals surface area (Å²) in [7, 11) is -4.09. The number of sulfonamides is 1. The lowest BCUT2D eigenvalue weighted by atomic mass is 10.3. The lowest BCUT2D eigenvalue weighted by molar-refractivity contribution is 0.582. The van der Waals surface area contributed by atoms with Crippen molar-refractivity contribution in [3.8, 4) is 0 Å². The molecule has 2 rings (SSSR count). The molecule has 0 saturated heterocycles. The Morgan fingerprint density at radius 2 is 1.95 bits per heavy atom. The Balaban J connectivity index is 2.40. The molecule has 0 fully saturated rings. The predicted molar refractivity (Wildman–Crippen MR) is 66.4 cm³/mol. The Morgan fingerprint density at radius 3 is 2.58 bits per heavy atom. The second-order valence-corrected chi connectivity index (χ2v) is 5.53. The summed E-state index contributed by atoms with van der Waals surface area (Å²) < 4.78 is 52.0. The summed E-state index contributed by atoms with van der Waals surface area (Å²) in [6.07, 6.45) is 1.32. The van der Waals surface area contributed by atoms with Crippen molar-refractivity contribution >= 4 is 27.3 Å². The SMILES string of the molecule is O=S(=O)(Nc1ccc(F)cc1F)c1cccnc1Cl. The van der Waals surface area contributed by atoms with Gasteiger partial charge in [-0.15, -0.1) is 0 Å². The number of anilines is 1. The summed E-state index contributed by atoms with van der Waals surface area (Å²) in [5, 5.41) is -0.238. The van der Waals surface area contributed by atoms with E-state index in [0.717, 1.165) is 12.1 Å². The lowest BCUT2D eigenvalue weighted by Crippen LogP contribution is -2.14. The largest absolute Gasteiger partial charge is 0.277 e. The zero-order valence-corrected chi connectivity index (χ0v) is 10.8. The van der Waals surface area contributed by atoms with Crippen molar-refractivity contribution in [3.63, 3.8) is 0 Å². The predicted octanol–water partition coefficient (Wildman–Crippen LogP) is 2.81. The number of nitrogens with one attached hydrogen (secondary N) is 1. The minimum Gasteiger partial charge on any atom is -0.277 e. The third-order valence-corrected chi connectivity index (χ3v) is 4.00. The summed E-state index contributed by atoms with van der Waals surface area (Å²) in [4.78, 5) is 3.32. The van der Waals surface area contributed by atoms with Gasteiger partial charge < -0.3 is 0 Å². The van der Waals surface area contributed by atoms with Gasteiger partial charge in [0.25, 0.3) is 10.0 Å². The van der Waals surface area contributed by atoms with Gasteiger partial charge in [0, 0.05) is 12.3 Å². The number of benzene rings is 1. The third-order valence-electron chi connectivity index (χ3n) is 2.19. The van der Waals surface area contributed by atoms with Crippen LogP contribution in [0.2, 0.25) is 5.15 Å². The van der Waals surface area contributed by atoms with Gasteiger partial charge in [0.15, 0.2) is 0 Å². The molecule has 1 N–H and O–H groups in total. The number of hydrogen-bond acceptors (Lipinski definition) is 3. The van der Waals surface area contributed by atoms with Crippen molar-refractivity contribution in [2.75, 3.05) is 4.72 Å². The Hall–Kier alpha value is -1.73. The van der Waals surface area contributed by atoms with E-state index in [1.165, 1.54) is 18.3 Å². The fourth-order valence-corrected chi connectivity index (χ4v) is 2.86. The lowest BCUT2D eigenvalue weighted by Gasteiger charge is -2.09. The molecule has 0 aliphatic rings. The monoisotopic (exact) mass is 304 g/mol. The first-order valence-electron chi connectivity index (χ1n) is 4.98. The van der Waals surface area contributed by atoms with Gasteiger partial charge in [0.2, 0.25) is 0 Å². The van der Waals surface area contributed by atoms with E-state index in [9.17, 15) is 17.2 Å². The summed E-state index contributed by atoms with van der Waals surface area (Å²) in [6, 6.07) is 5.08. The van der Waals surface area contributed by atoms with Crippen LogP contribution in [0.5, 0.6) is 0 Å². The van der Waals surface area contributed by atoms with E-state index in [1.807, 2.05) is 4.72 Å². The Bertz CT molecular complexity index is 722. The molecule has 2 aromatic rings. The van der Waals surface area contributed by atoms with Crippen LogP contribution in [0.15, 0.2) is 41.4 Å². The maximum Gasteiger partial charge on any atom is 0.265 e. The first-order valence-corrected chi connectivity index (χ1v) is 6.84. The highest BCUT2D eigenvalue weighted by Crippen LogP contribution is 2.23. The van der Waals surface area contributed by atoms with Gasteiger partial charge in [-0.3, -0.25) is 4.72 Å². The molecule has 8 heteroatoms. The van der Waals surface area contributed by atoms with Crippen LogP contribution in [0.1, 0.15) is 0 Å². The molecule has 0 saturated carbocycles. The summed E-state index contributed by atoms with van der Waals surface area (Å²) >= 11 is 5.66. The number of halogens is 3. The van der Waals surface area contributed by atoms with E-state index in [4.69, 9.17) is 11.6 Å². The summed E-state index contributed by atoms with van der Waals surface area (Å²) in [5.74, 6) is -1.83. The molecule has 0 bridgehead atoms. The van der Waals surface area contributed by atoms with Gasteiger partial charge in [-0.05, 0) is 24.3 Å². The first-order chi connectivity index (χ1) is 8.90. The Labute approximate surface area is 113 Å². The van der Waals surface area contributed by atoms with Crippen LogP contribution in [0.4, 0.5) is 14.5 Å². The molecule has 19 heavy (non-hydrogen) atoms. The molecule has 0 radical (unpaired) electrons. The van der Waals surface area contributed by atoms with Crippen LogP contribution in [-0.2, 0) is 10.0 Å². The third kappa shape index (κ3) is 2.99. The van der Waals surface area contributed by atoms with Crippen molar-refractivity contribution in [3.05, 3.63) is 53.3 Å². The first kappa shape index (κ1) is 13.7. The Kier molecular flexibility index (Phi) is 3.68. The average Bonchev–Trinajstić information content (AvgIpc) is 2.33. The standard InChI is InChI=1S/C11H7ClF2N2O2S/c12-11-10(2-1-5-15-11)19(17,18)16-9-4-3-7(13)6-8(9)14/h1-6,16H. The molecule has 0 spiro atoms. The van der Waals surface area contributed by atoms with Crippen molar-refractivity contribution < 1.29 is 17.2 Å². The minimum atomic E-state index is -4.09. The number of pyridine rings is 1. The van der Waals surface area contributed by atoms with E-state index in [1.54, 1.807) is 0 Å². The van der Waals surface area contributed by atoms with E-state index < -0.39 is 21.7 Å². The van der Waals surface area contributed by atoms with E-state index >= 15 is 0 Å². The van der Waals surface area contributed by atoms with Gasteiger partial charge >= 0.3 is 0 Å². The molecule has 0 amide bonds. The zero-order valence-electron chi connectivity index (χ0n) is 9.27. The van der Waals surface area contributed by atoms with Crippen molar-refractivity contribution in [2.24, 2.45) is 0 Å². The molecule has 1 aromatic heterocycles. The molecule has 0 unspecified atom stereocenters. The molecule has 1 heterocycles. The maximum atomic E-state index is 13.4. The summed E-state index contributed by atoms with van der Waals surface area (Å²) in [6.45, 7) is 0. The fraction of sp³-hybridized carbons (Fsp3) is 0.